The van der Waals surface area contributed by atoms with E-state index < -0.39 is 0 Å². The van der Waals surface area contributed by atoms with Crippen molar-refractivity contribution < 1.29 is 9.53 Å². The van der Waals surface area contributed by atoms with Gasteiger partial charge in [0, 0.05) is 33.0 Å². The molecule has 1 amide bonds. The van der Waals surface area contributed by atoms with Crippen LogP contribution in [-0.4, -0.2) is 28.3 Å². The minimum atomic E-state index is -0.360. The highest BCUT2D eigenvalue weighted by molar-refractivity contribution is 9.11. The number of carbonyl (C=O) groups excluding carboxylic acids is 1. The normalized spacial score (nSPS) is 11.4. The fraction of sp³-hybridized carbons (Fsp3) is 0.222. The van der Waals surface area contributed by atoms with Crippen molar-refractivity contribution in [1.29, 1.82) is 0 Å². The van der Waals surface area contributed by atoms with Crippen LogP contribution in [0.5, 0.6) is 5.75 Å². The minimum absolute atomic E-state index is 0.189. The zero-order chi connectivity index (χ0) is 25.1. The molecule has 0 fully saturated rings. The zero-order valence-electron chi connectivity index (χ0n) is 20.0. The number of carbonyl (C=O) groups is 1. The van der Waals surface area contributed by atoms with Crippen LogP contribution in [0.15, 0.2) is 62.7 Å². The van der Waals surface area contributed by atoms with Gasteiger partial charge in [-0.05, 0) is 72.4 Å². The van der Waals surface area contributed by atoms with E-state index in [-0.39, 0.29) is 12.5 Å². The van der Waals surface area contributed by atoms with Crippen molar-refractivity contribution in [1.82, 2.24) is 15.0 Å². The molecule has 2 aromatic heterocycles. The molecule has 4 aromatic rings. The Bertz CT molecular complexity index is 1440. The summed E-state index contributed by atoms with van der Waals surface area (Å²) >= 11 is 7.03. The SMILES string of the molecule is CCc1cccc(C)c1-n1c(C)cc(/C=N/NC(=O)COc2c(Br)cc(Br)c3cccnc23)c1C. The first-order chi connectivity index (χ1) is 16.8. The topological polar surface area (TPSA) is 68.5 Å². The molecule has 4 rings (SSSR count). The first-order valence-corrected chi connectivity index (χ1v) is 12.9. The first-order valence-electron chi connectivity index (χ1n) is 11.3. The van der Waals surface area contributed by atoms with E-state index in [1.165, 1.54) is 16.8 Å². The molecule has 1 N–H and O–H groups in total. The molecule has 0 aliphatic carbocycles. The highest BCUT2D eigenvalue weighted by Gasteiger charge is 2.15. The van der Waals surface area contributed by atoms with Crippen molar-refractivity contribution in [3.63, 3.8) is 0 Å². The molecular weight excluding hydrogens is 572 g/mol. The molecule has 0 saturated carbocycles. The Morgan fingerprint density at radius 3 is 2.71 bits per heavy atom. The van der Waals surface area contributed by atoms with Gasteiger partial charge in [0.15, 0.2) is 12.4 Å². The summed E-state index contributed by atoms with van der Waals surface area (Å²) in [5, 5.41) is 5.08. The maximum atomic E-state index is 12.4. The van der Waals surface area contributed by atoms with Gasteiger partial charge in [-0.2, -0.15) is 5.10 Å². The average Bonchev–Trinajstić information content (AvgIpc) is 3.11. The standard InChI is InChI=1S/C27H26Br2N4O2/c1-5-19-9-6-8-16(2)26(19)33-17(3)12-20(18(33)4)14-31-32-24(34)15-35-27-23(29)13-22(28)21-10-7-11-30-25(21)27/h6-14H,5,15H2,1-4H3,(H,32,34)/b31-14+. The number of fused-ring (bicyclic) bond motifs is 1. The maximum absolute atomic E-state index is 12.4. The fourth-order valence-electron chi connectivity index (χ4n) is 4.22. The van der Waals surface area contributed by atoms with Gasteiger partial charge in [0.25, 0.3) is 5.91 Å². The van der Waals surface area contributed by atoms with Crippen LogP contribution in [-0.2, 0) is 11.2 Å². The molecule has 0 bridgehead atoms. The van der Waals surface area contributed by atoms with Crippen molar-refractivity contribution in [2.75, 3.05) is 6.61 Å². The van der Waals surface area contributed by atoms with E-state index in [0.29, 0.717) is 15.7 Å². The number of aromatic nitrogens is 2. The van der Waals surface area contributed by atoms with Crippen LogP contribution in [0.3, 0.4) is 0 Å². The number of nitrogens with zero attached hydrogens (tertiary/aromatic N) is 3. The van der Waals surface area contributed by atoms with E-state index in [4.69, 9.17) is 4.74 Å². The van der Waals surface area contributed by atoms with Crippen LogP contribution in [0, 0.1) is 20.8 Å². The summed E-state index contributed by atoms with van der Waals surface area (Å²) in [5.41, 5.74) is 10.1. The van der Waals surface area contributed by atoms with Crippen LogP contribution in [0.1, 0.15) is 35.0 Å². The first kappa shape index (κ1) is 25.1. The Hall–Kier alpha value is -2.97. The molecule has 0 saturated heterocycles. The third-order valence-electron chi connectivity index (χ3n) is 5.89. The molecular formula is C27H26Br2N4O2. The lowest BCUT2D eigenvalue weighted by Crippen LogP contribution is -2.24. The Labute approximate surface area is 221 Å². The highest BCUT2D eigenvalue weighted by Crippen LogP contribution is 2.37. The van der Waals surface area contributed by atoms with E-state index in [9.17, 15) is 4.79 Å². The number of hydrazone groups is 1. The summed E-state index contributed by atoms with van der Waals surface area (Å²) in [6.07, 6.45) is 4.31. The molecule has 0 aliphatic rings. The van der Waals surface area contributed by atoms with E-state index in [1.807, 2.05) is 18.2 Å². The zero-order valence-corrected chi connectivity index (χ0v) is 23.2. The summed E-state index contributed by atoms with van der Waals surface area (Å²) in [6.45, 7) is 8.25. The van der Waals surface area contributed by atoms with E-state index in [2.05, 4.69) is 104 Å². The summed E-state index contributed by atoms with van der Waals surface area (Å²) in [5.74, 6) is 0.151. The number of para-hydroxylation sites is 1. The Kier molecular flexibility index (Phi) is 7.72. The maximum Gasteiger partial charge on any atom is 0.277 e. The lowest BCUT2D eigenvalue weighted by molar-refractivity contribution is -0.123. The second kappa shape index (κ2) is 10.7. The van der Waals surface area contributed by atoms with Gasteiger partial charge in [-0.25, -0.2) is 5.43 Å². The fourth-order valence-corrected chi connectivity index (χ4v) is 5.60. The summed E-state index contributed by atoms with van der Waals surface area (Å²) in [7, 11) is 0. The lowest BCUT2D eigenvalue weighted by atomic mass is 10.1. The van der Waals surface area contributed by atoms with Crippen molar-refractivity contribution >= 4 is 54.9 Å². The van der Waals surface area contributed by atoms with Gasteiger partial charge in [-0.1, -0.05) is 47.1 Å². The minimum Gasteiger partial charge on any atom is -0.480 e. The van der Waals surface area contributed by atoms with Gasteiger partial charge < -0.3 is 9.30 Å². The van der Waals surface area contributed by atoms with E-state index in [0.717, 1.165) is 33.2 Å². The number of benzene rings is 2. The summed E-state index contributed by atoms with van der Waals surface area (Å²) < 4.78 is 9.65. The van der Waals surface area contributed by atoms with Crippen molar-refractivity contribution in [3.05, 3.63) is 85.7 Å². The molecule has 6 nitrogen and oxygen atoms in total. The smallest absolute Gasteiger partial charge is 0.277 e. The van der Waals surface area contributed by atoms with Gasteiger partial charge in [-0.15, -0.1) is 0 Å². The number of hydrogen-bond acceptors (Lipinski definition) is 4. The van der Waals surface area contributed by atoms with Gasteiger partial charge in [0.2, 0.25) is 0 Å². The number of aryl methyl sites for hydroxylation is 3. The van der Waals surface area contributed by atoms with Crippen molar-refractivity contribution in [2.24, 2.45) is 5.10 Å². The summed E-state index contributed by atoms with van der Waals surface area (Å²) in [6, 6.07) is 14.1. The van der Waals surface area contributed by atoms with Crippen molar-refractivity contribution in [2.45, 2.75) is 34.1 Å². The number of ether oxygens (including phenoxy) is 1. The largest absolute Gasteiger partial charge is 0.480 e. The van der Waals surface area contributed by atoms with Crippen LogP contribution < -0.4 is 10.2 Å². The van der Waals surface area contributed by atoms with Crippen LogP contribution in [0.25, 0.3) is 16.6 Å². The Morgan fingerprint density at radius 2 is 1.94 bits per heavy atom. The number of pyridine rings is 1. The molecule has 0 unspecified atom stereocenters. The molecule has 0 spiro atoms. The predicted molar refractivity (Wildman–Crippen MR) is 148 cm³/mol. The van der Waals surface area contributed by atoms with Crippen LogP contribution >= 0.6 is 31.9 Å². The van der Waals surface area contributed by atoms with Gasteiger partial charge >= 0.3 is 0 Å². The molecule has 35 heavy (non-hydrogen) atoms. The molecule has 180 valence electrons. The quantitative estimate of drug-likeness (QED) is 0.194. The number of amides is 1. The van der Waals surface area contributed by atoms with Gasteiger partial charge in [0.05, 0.1) is 16.4 Å². The average molecular weight is 598 g/mol. The highest BCUT2D eigenvalue weighted by atomic mass is 79.9. The number of rotatable bonds is 7. The number of nitrogens with one attached hydrogen (secondary N) is 1. The van der Waals surface area contributed by atoms with Crippen LogP contribution in [0.4, 0.5) is 0 Å². The molecule has 0 atom stereocenters. The molecule has 8 heteroatoms. The molecule has 0 aliphatic heterocycles. The van der Waals surface area contributed by atoms with E-state index in [1.54, 1.807) is 12.4 Å². The monoisotopic (exact) mass is 596 g/mol. The van der Waals surface area contributed by atoms with Crippen LogP contribution in [0.2, 0.25) is 0 Å². The second-order valence-corrected chi connectivity index (χ2v) is 9.96. The van der Waals surface area contributed by atoms with E-state index >= 15 is 0 Å². The lowest BCUT2D eigenvalue weighted by Gasteiger charge is -2.17. The summed E-state index contributed by atoms with van der Waals surface area (Å²) in [4.78, 5) is 16.8. The van der Waals surface area contributed by atoms with Gasteiger partial charge in [0.1, 0.15) is 5.52 Å². The van der Waals surface area contributed by atoms with Gasteiger partial charge in [-0.3, -0.25) is 9.78 Å². The second-order valence-electron chi connectivity index (χ2n) is 8.25. The molecule has 2 aromatic carbocycles. The number of halogens is 2. The third-order valence-corrected chi connectivity index (χ3v) is 7.13. The molecule has 0 radical (unpaired) electrons. The Balaban J connectivity index is 1.47. The third kappa shape index (κ3) is 5.18. The predicted octanol–water partition coefficient (Wildman–Crippen LogP) is 6.57. The van der Waals surface area contributed by atoms with Crippen molar-refractivity contribution in [3.8, 4) is 11.4 Å². The Morgan fingerprint density at radius 1 is 1.14 bits per heavy atom. The number of hydrogen-bond donors (Lipinski definition) is 1. The molecule has 2 heterocycles.